The van der Waals surface area contributed by atoms with Crippen molar-refractivity contribution in [1.82, 2.24) is 9.78 Å². The van der Waals surface area contributed by atoms with Crippen molar-refractivity contribution in [3.05, 3.63) is 15.9 Å². The Hall–Kier alpha value is -0.350. The molecule has 3 nitrogen and oxygen atoms in total. The molecule has 1 aliphatic carbocycles. The van der Waals surface area contributed by atoms with E-state index in [-0.39, 0.29) is 5.54 Å². The van der Waals surface area contributed by atoms with Gasteiger partial charge in [-0.3, -0.25) is 4.68 Å². The molecule has 4 heteroatoms. The highest BCUT2D eigenvalue weighted by molar-refractivity contribution is 9.10. The maximum atomic E-state index is 6.75. The Morgan fingerprint density at radius 2 is 2.10 bits per heavy atom. The number of hydrogen-bond donors (Lipinski definition) is 1. The van der Waals surface area contributed by atoms with Gasteiger partial charge >= 0.3 is 0 Å². The van der Waals surface area contributed by atoms with E-state index in [0.717, 1.165) is 41.9 Å². The van der Waals surface area contributed by atoms with Crippen molar-refractivity contribution < 1.29 is 0 Å². The lowest BCUT2D eigenvalue weighted by atomic mass is 9.86. The molecule has 0 spiro atoms. The Labute approximate surface area is 131 Å². The first-order chi connectivity index (χ1) is 9.49. The molecule has 1 aromatic heterocycles. The summed E-state index contributed by atoms with van der Waals surface area (Å²) in [4.78, 5) is 0. The van der Waals surface area contributed by atoms with Gasteiger partial charge in [-0.2, -0.15) is 5.10 Å². The van der Waals surface area contributed by atoms with Crippen LogP contribution in [-0.2, 0) is 13.0 Å². The van der Waals surface area contributed by atoms with E-state index in [0.29, 0.717) is 0 Å². The van der Waals surface area contributed by atoms with Crippen LogP contribution in [0.2, 0.25) is 0 Å². The average molecular weight is 342 g/mol. The van der Waals surface area contributed by atoms with Crippen LogP contribution in [0.4, 0.5) is 0 Å². The van der Waals surface area contributed by atoms with E-state index in [9.17, 15) is 0 Å². The summed E-state index contributed by atoms with van der Waals surface area (Å²) >= 11 is 3.70. The first-order valence-corrected chi connectivity index (χ1v) is 8.79. The zero-order valence-electron chi connectivity index (χ0n) is 13.1. The predicted molar refractivity (Wildman–Crippen MR) is 87.8 cm³/mol. The first kappa shape index (κ1) is 16.0. The molecule has 0 aromatic carbocycles. The van der Waals surface area contributed by atoms with E-state index in [1.165, 1.54) is 31.4 Å². The first-order valence-electron chi connectivity index (χ1n) is 7.99. The van der Waals surface area contributed by atoms with Crippen molar-refractivity contribution in [3.63, 3.8) is 0 Å². The third-order valence-corrected chi connectivity index (χ3v) is 5.92. The number of halogens is 1. The third-order valence-electron chi connectivity index (χ3n) is 4.89. The second-order valence-corrected chi connectivity index (χ2v) is 7.20. The van der Waals surface area contributed by atoms with Gasteiger partial charge in [0, 0.05) is 18.5 Å². The molecular formula is C16H28BrN3. The Balaban J connectivity index is 2.16. The maximum absolute atomic E-state index is 6.75. The van der Waals surface area contributed by atoms with Gasteiger partial charge in [0.1, 0.15) is 0 Å². The summed E-state index contributed by atoms with van der Waals surface area (Å²) in [5.41, 5.74) is 9.05. The Bertz CT molecular complexity index is 455. The molecule has 0 radical (unpaired) electrons. The molecule has 0 bridgehead atoms. The Morgan fingerprint density at radius 1 is 1.35 bits per heavy atom. The van der Waals surface area contributed by atoms with Crippen LogP contribution in [0.15, 0.2) is 4.47 Å². The monoisotopic (exact) mass is 341 g/mol. The van der Waals surface area contributed by atoms with Gasteiger partial charge in [-0.15, -0.1) is 0 Å². The van der Waals surface area contributed by atoms with Crippen LogP contribution in [0, 0.1) is 12.8 Å². The summed E-state index contributed by atoms with van der Waals surface area (Å²) in [5.74, 6) is 0.877. The van der Waals surface area contributed by atoms with Crippen LogP contribution < -0.4 is 5.73 Å². The molecule has 0 saturated heterocycles. The fourth-order valence-corrected chi connectivity index (χ4v) is 3.88. The minimum Gasteiger partial charge on any atom is -0.325 e. The van der Waals surface area contributed by atoms with Crippen molar-refractivity contribution in [2.45, 2.75) is 77.8 Å². The second kappa shape index (κ2) is 6.61. The van der Waals surface area contributed by atoms with Crippen LogP contribution in [0.25, 0.3) is 0 Å². The van der Waals surface area contributed by atoms with Crippen molar-refractivity contribution in [3.8, 4) is 0 Å². The lowest BCUT2D eigenvalue weighted by Crippen LogP contribution is -2.42. The quantitative estimate of drug-likeness (QED) is 0.833. The smallest absolute Gasteiger partial charge is 0.0738 e. The summed E-state index contributed by atoms with van der Waals surface area (Å²) in [7, 11) is 0. The molecule has 20 heavy (non-hydrogen) atoms. The summed E-state index contributed by atoms with van der Waals surface area (Å²) < 4.78 is 3.26. The fourth-order valence-electron chi connectivity index (χ4n) is 3.46. The van der Waals surface area contributed by atoms with E-state index < -0.39 is 0 Å². The number of hydrogen-bond acceptors (Lipinski definition) is 2. The lowest BCUT2D eigenvalue weighted by molar-refractivity contribution is 0.348. The summed E-state index contributed by atoms with van der Waals surface area (Å²) in [6, 6.07) is 0. The number of aryl methyl sites for hydroxylation is 2. The van der Waals surface area contributed by atoms with Crippen LogP contribution >= 0.6 is 15.9 Å². The van der Waals surface area contributed by atoms with E-state index in [4.69, 9.17) is 5.73 Å². The van der Waals surface area contributed by atoms with E-state index in [2.05, 4.69) is 46.5 Å². The standard InChI is InChI=1S/C16H28BrN3/c1-4-13-7-6-9-16(18,10-8-13)11-14-15(17)12(3)19-20(14)5-2/h13H,4-11,18H2,1-3H3. The van der Waals surface area contributed by atoms with Gasteiger partial charge in [-0.05, 0) is 55.0 Å². The van der Waals surface area contributed by atoms with E-state index in [1.54, 1.807) is 0 Å². The van der Waals surface area contributed by atoms with Gasteiger partial charge in [0.15, 0.2) is 0 Å². The molecule has 2 rings (SSSR count). The molecule has 2 N–H and O–H groups in total. The predicted octanol–water partition coefficient (Wildman–Crippen LogP) is 4.20. The fraction of sp³-hybridized carbons (Fsp3) is 0.812. The van der Waals surface area contributed by atoms with Crippen molar-refractivity contribution in [2.75, 3.05) is 0 Å². The van der Waals surface area contributed by atoms with Crippen molar-refractivity contribution in [1.29, 1.82) is 0 Å². The molecule has 1 saturated carbocycles. The largest absolute Gasteiger partial charge is 0.325 e. The normalized spacial score (nSPS) is 27.6. The van der Waals surface area contributed by atoms with Crippen LogP contribution in [0.5, 0.6) is 0 Å². The summed E-state index contributed by atoms with van der Waals surface area (Å²) in [6.45, 7) is 7.42. The summed E-state index contributed by atoms with van der Waals surface area (Å²) in [5, 5.41) is 4.59. The van der Waals surface area contributed by atoms with Crippen LogP contribution in [-0.4, -0.2) is 15.3 Å². The maximum Gasteiger partial charge on any atom is 0.0738 e. The topological polar surface area (TPSA) is 43.8 Å². The third kappa shape index (κ3) is 3.45. The van der Waals surface area contributed by atoms with Crippen molar-refractivity contribution in [2.24, 2.45) is 11.7 Å². The molecular weight excluding hydrogens is 314 g/mol. The van der Waals surface area contributed by atoms with Crippen LogP contribution in [0.1, 0.15) is 63.8 Å². The zero-order chi connectivity index (χ0) is 14.8. The van der Waals surface area contributed by atoms with Crippen molar-refractivity contribution >= 4 is 15.9 Å². The van der Waals surface area contributed by atoms with Gasteiger partial charge in [0.2, 0.25) is 0 Å². The number of rotatable bonds is 4. The molecule has 114 valence electrons. The molecule has 2 unspecified atom stereocenters. The molecule has 2 atom stereocenters. The molecule has 1 fully saturated rings. The average Bonchev–Trinajstić information content (AvgIpc) is 2.61. The highest BCUT2D eigenvalue weighted by atomic mass is 79.9. The highest BCUT2D eigenvalue weighted by Gasteiger charge is 2.31. The minimum atomic E-state index is -0.0498. The Kier molecular flexibility index (Phi) is 5.30. The van der Waals surface area contributed by atoms with Gasteiger partial charge in [-0.1, -0.05) is 26.2 Å². The second-order valence-electron chi connectivity index (χ2n) is 6.41. The van der Waals surface area contributed by atoms with Gasteiger partial charge in [0.25, 0.3) is 0 Å². The molecule has 0 aliphatic heterocycles. The number of aromatic nitrogens is 2. The zero-order valence-corrected chi connectivity index (χ0v) is 14.7. The summed E-state index contributed by atoms with van der Waals surface area (Å²) in [6.07, 6.45) is 8.43. The van der Waals surface area contributed by atoms with Gasteiger partial charge in [-0.25, -0.2) is 0 Å². The molecule has 1 aromatic rings. The minimum absolute atomic E-state index is 0.0498. The van der Waals surface area contributed by atoms with Crippen LogP contribution in [0.3, 0.4) is 0 Å². The number of nitrogens with two attached hydrogens (primary N) is 1. The SMILES string of the molecule is CCC1CCCC(N)(Cc2c(Br)c(C)nn2CC)CC1. The van der Waals surface area contributed by atoms with Gasteiger partial charge in [0.05, 0.1) is 15.9 Å². The lowest BCUT2D eigenvalue weighted by Gasteiger charge is -2.28. The number of nitrogens with zero attached hydrogens (tertiary/aromatic N) is 2. The van der Waals surface area contributed by atoms with E-state index in [1.807, 2.05) is 0 Å². The Morgan fingerprint density at radius 3 is 2.75 bits per heavy atom. The molecule has 1 heterocycles. The molecule has 1 aliphatic rings. The van der Waals surface area contributed by atoms with E-state index >= 15 is 0 Å². The van der Waals surface area contributed by atoms with Gasteiger partial charge < -0.3 is 5.73 Å². The molecule has 0 amide bonds. The highest BCUT2D eigenvalue weighted by Crippen LogP contribution is 2.34.